The van der Waals surface area contributed by atoms with E-state index in [1.54, 1.807) is 27.4 Å². The van der Waals surface area contributed by atoms with Crippen LogP contribution in [0.1, 0.15) is 53.4 Å². The van der Waals surface area contributed by atoms with E-state index in [2.05, 4.69) is 6.92 Å². The van der Waals surface area contributed by atoms with Crippen LogP contribution in [0.4, 0.5) is 0 Å². The second-order valence-electron chi connectivity index (χ2n) is 11.4. The van der Waals surface area contributed by atoms with E-state index >= 15 is 0 Å². The quantitative estimate of drug-likeness (QED) is 0.221. The zero-order valence-electron chi connectivity index (χ0n) is 22.9. The van der Waals surface area contributed by atoms with E-state index < -0.39 is 16.9 Å². The largest absolute Gasteiger partial charge is 0.461 e. The predicted molar refractivity (Wildman–Crippen MR) is 131 cm³/mol. The summed E-state index contributed by atoms with van der Waals surface area (Å²) in [6.07, 6.45) is 4.79. The normalized spacial score (nSPS) is 36.0. The van der Waals surface area contributed by atoms with Gasteiger partial charge in [0.25, 0.3) is 0 Å². The highest BCUT2D eigenvalue weighted by Gasteiger charge is 2.70. The fourth-order valence-corrected chi connectivity index (χ4v) is 6.58. The van der Waals surface area contributed by atoms with Crippen LogP contribution in [-0.4, -0.2) is 78.4 Å². The fraction of sp³-hybridized carbons (Fsp3) is 0.852. The minimum Gasteiger partial charge on any atom is -0.461 e. The molecule has 0 aromatic rings. The number of allylic oxidation sites excluding steroid dienone is 2. The molecule has 0 saturated heterocycles. The van der Waals surface area contributed by atoms with Crippen molar-refractivity contribution >= 4 is 11.8 Å². The van der Waals surface area contributed by atoms with Crippen LogP contribution in [-0.2, 0) is 42.7 Å². The zero-order chi connectivity index (χ0) is 26.6. The third-order valence-corrected chi connectivity index (χ3v) is 8.27. The molecule has 0 radical (unpaired) electrons. The standard InChI is InChI=1S/C27H44O9/c1-8-26-12-18(28)9-10-19(26)23-20(34-16-31-6)11-21(35-17-32-7)27(23,14-33-15-30-5)22(13-26)36-24(29)25(2,3)4/h9-10,19-23H,8,11-17H2,1-7H3/t19-,20+,21+,22-,23+,26+,27-/m1/s1. The van der Waals surface area contributed by atoms with Crippen LogP contribution in [0.25, 0.3) is 0 Å². The van der Waals surface area contributed by atoms with Gasteiger partial charge in [-0.25, -0.2) is 0 Å². The first-order chi connectivity index (χ1) is 17.1. The summed E-state index contributed by atoms with van der Waals surface area (Å²) >= 11 is 0. The number of ether oxygens (including phenoxy) is 7. The maximum absolute atomic E-state index is 13.3. The fourth-order valence-electron chi connectivity index (χ4n) is 6.58. The number of hydrogen-bond donors (Lipinski definition) is 0. The molecule has 7 atom stereocenters. The van der Waals surface area contributed by atoms with E-state index in [9.17, 15) is 9.59 Å². The maximum Gasteiger partial charge on any atom is 0.311 e. The summed E-state index contributed by atoms with van der Waals surface area (Å²) < 4.78 is 40.7. The Kier molecular flexibility index (Phi) is 9.74. The maximum atomic E-state index is 13.3. The lowest BCUT2D eigenvalue weighted by atomic mass is 9.48. The third-order valence-electron chi connectivity index (χ3n) is 8.27. The first-order valence-corrected chi connectivity index (χ1v) is 12.8. The van der Waals surface area contributed by atoms with Crippen LogP contribution in [0.2, 0.25) is 0 Å². The molecular formula is C27H44O9. The van der Waals surface area contributed by atoms with Gasteiger partial charge in [-0.05, 0) is 51.0 Å². The van der Waals surface area contributed by atoms with Gasteiger partial charge in [0.15, 0.2) is 5.78 Å². The Morgan fingerprint density at radius 3 is 2.31 bits per heavy atom. The Labute approximate surface area is 215 Å². The second-order valence-corrected chi connectivity index (χ2v) is 11.4. The molecule has 206 valence electrons. The summed E-state index contributed by atoms with van der Waals surface area (Å²) in [6, 6.07) is 0. The van der Waals surface area contributed by atoms with Crippen LogP contribution >= 0.6 is 0 Å². The lowest BCUT2D eigenvalue weighted by Crippen LogP contribution is -2.63. The van der Waals surface area contributed by atoms with E-state index in [0.717, 1.165) is 6.42 Å². The van der Waals surface area contributed by atoms with Crippen molar-refractivity contribution in [1.29, 1.82) is 0 Å². The number of methoxy groups -OCH3 is 3. The molecule has 0 amide bonds. The van der Waals surface area contributed by atoms with Crippen molar-refractivity contribution < 1.29 is 42.7 Å². The number of carbonyl (C=O) groups excluding carboxylic acids is 2. The van der Waals surface area contributed by atoms with Crippen LogP contribution < -0.4 is 0 Å². The number of ketones is 1. The predicted octanol–water partition coefficient (Wildman–Crippen LogP) is 3.49. The van der Waals surface area contributed by atoms with Gasteiger partial charge in [0.05, 0.1) is 29.6 Å². The first kappa shape index (κ1) is 29.2. The van der Waals surface area contributed by atoms with Crippen LogP contribution in [0.3, 0.4) is 0 Å². The SMILES string of the molecule is CC[C@@]12CC(=O)C=C[C@@H]1[C@H]1[C@@H](OCOC)C[C@H](OCOC)[C@]1(COCOC)[C@H](OC(=O)C(C)(C)C)C2. The van der Waals surface area contributed by atoms with E-state index in [1.165, 1.54) is 0 Å². The van der Waals surface area contributed by atoms with Crippen LogP contribution in [0.5, 0.6) is 0 Å². The summed E-state index contributed by atoms with van der Waals surface area (Å²) in [7, 11) is 4.74. The molecule has 3 aliphatic carbocycles. The summed E-state index contributed by atoms with van der Waals surface area (Å²) in [6.45, 7) is 8.16. The Bertz CT molecular complexity index is 791. The average Bonchev–Trinajstić information content (AvgIpc) is 3.14. The molecular weight excluding hydrogens is 468 g/mol. The second kappa shape index (κ2) is 12.0. The van der Waals surface area contributed by atoms with Crippen molar-refractivity contribution in [2.75, 3.05) is 48.3 Å². The third kappa shape index (κ3) is 5.56. The molecule has 3 aliphatic rings. The Hall–Kier alpha value is -1.36. The van der Waals surface area contributed by atoms with E-state index in [-0.39, 0.29) is 68.2 Å². The molecule has 3 rings (SSSR count). The molecule has 0 aromatic heterocycles. The van der Waals surface area contributed by atoms with Crippen molar-refractivity contribution in [3.8, 4) is 0 Å². The van der Waals surface area contributed by atoms with Crippen molar-refractivity contribution in [2.24, 2.45) is 28.1 Å². The van der Waals surface area contributed by atoms with Crippen molar-refractivity contribution in [1.82, 2.24) is 0 Å². The highest BCUT2D eigenvalue weighted by atomic mass is 16.7. The minimum absolute atomic E-state index is 0.00827. The van der Waals surface area contributed by atoms with Gasteiger partial charge in [0.2, 0.25) is 0 Å². The monoisotopic (exact) mass is 512 g/mol. The van der Waals surface area contributed by atoms with Crippen molar-refractivity contribution in [3.63, 3.8) is 0 Å². The summed E-state index contributed by atoms with van der Waals surface area (Å²) in [4.78, 5) is 26.0. The number of rotatable bonds is 12. The van der Waals surface area contributed by atoms with E-state index in [0.29, 0.717) is 19.3 Å². The minimum atomic E-state index is -0.746. The average molecular weight is 513 g/mol. The van der Waals surface area contributed by atoms with Gasteiger partial charge >= 0.3 is 5.97 Å². The molecule has 0 aromatic carbocycles. The molecule has 9 nitrogen and oxygen atoms in total. The number of hydrogen-bond acceptors (Lipinski definition) is 9. The van der Waals surface area contributed by atoms with Gasteiger partial charge in [-0.1, -0.05) is 13.0 Å². The number of fused-ring (bicyclic) bond motifs is 3. The molecule has 0 bridgehead atoms. The van der Waals surface area contributed by atoms with E-state index in [1.807, 2.05) is 26.8 Å². The summed E-state index contributed by atoms with van der Waals surface area (Å²) in [5, 5.41) is 0. The number of carbonyl (C=O) groups is 2. The molecule has 0 unspecified atom stereocenters. The molecule has 0 spiro atoms. The first-order valence-electron chi connectivity index (χ1n) is 12.8. The zero-order valence-corrected chi connectivity index (χ0v) is 22.9. The van der Waals surface area contributed by atoms with Crippen LogP contribution in [0, 0.1) is 28.1 Å². The van der Waals surface area contributed by atoms with Gasteiger partial charge in [-0.15, -0.1) is 0 Å². The van der Waals surface area contributed by atoms with Crippen LogP contribution in [0.15, 0.2) is 12.2 Å². The van der Waals surface area contributed by atoms with Gasteiger partial charge in [0.1, 0.15) is 26.5 Å². The molecule has 0 N–H and O–H groups in total. The van der Waals surface area contributed by atoms with Gasteiger partial charge in [-0.2, -0.15) is 0 Å². The smallest absolute Gasteiger partial charge is 0.311 e. The van der Waals surface area contributed by atoms with Gasteiger partial charge < -0.3 is 33.2 Å². The molecule has 9 heteroatoms. The topological polar surface area (TPSA) is 98.8 Å². The molecule has 0 aliphatic heterocycles. The van der Waals surface area contributed by atoms with Gasteiger partial charge in [-0.3, -0.25) is 9.59 Å². The van der Waals surface area contributed by atoms with Crippen molar-refractivity contribution in [3.05, 3.63) is 12.2 Å². The van der Waals surface area contributed by atoms with Gasteiger partial charge in [0, 0.05) is 40.1 Å². The molecule has 2 saturated carbocycles. The van der Waals surface area contributed by atoms with Crippen molar-refractivity contribution in [2.45, 2.75) is 71.7 Å². The highest BCUT2D eigenvalue weighted by Crippen LogP contribution is 2.65. The Balaban J connectivity index is 2.18. The van der Waals surface area contributed by atoms with E-state index in [4.69, 9.17) is 33.2 Å². The Morgan fingerprint density at radius 2 is 1.69 bits per heavy atom. The molecule has 36 heavy (non-hydrogen) atoms. The summed E-state index contributed by atoms with van der Waals surface area (Å²) in [5.74, 6) is -0.348. The summed E-state index contributed by atoms with van der Waals surface area (Å²) in [5.41, 5.74) is -1.81. The Morgan fingerprint density at radius 1 is 1.03 bits per heavy atom. The number of esters is 1. The lowest BCUT2D eigenvalue weighted by molar-refractivity contribution is -0.239. The molecule has 0 heterocycles. The highest BCUT2D eigenvalue weighted by molar-refractivity contribution is 5.91. The lowest BCUT2D eigenvalue weighted by Gasteiger charge is -2.59. The molecule has 2 fully saturated rings.